The number of carbonyl (C=O) groups excluding carboxylic acids is 2. The van der Waals surface area contributed by atoms with Gasteiger partial charge >= 0.3 is 5.97 Å². The highest BCUT2D eigenvalue weighted by molar-refractivity contribution is 6.44. The molecule has 0 radical (unpaired) electrons. The number of ether oxygens (including phenoxy) is 1. The number of hydrogen-bond donors (Lipinski definition) is 2. The van der Waals surface area contributed by atoms with Gasteiger partial charge in [0.2, 0.25) is 0 Å². The first kappa shape index (κ1) is 17.9. The molecule has 0 aliphatic carbocycles. The van der Waals surface area contributed by atoms with Gasteiger partial charge < -0.3 is 20.1 Å². The van der Waals surface area contributed by atoms with Gasteiger partial charge in [0.25, 0.3) is 5.91 Å². The molecule has 2 rings (SSSR count). The smallest absolute Gasteiger partial charge is 0.337 e. The number of amides is 1. The van der Waals surface area contributed by atoms with Crippen molar-refractivity contribution in [2.45, 2.75) is 0 Å². The van der Waals surface area contributed by atoms with Gasteiger partial charge in [-0.05, 0) is 12.1 Å². The number of nitrogens with zero attached hydrogens (tertiary/aromatic N) is 1. The average Bonchev–Trinajstić information content (AvgIpc) is 2.81. The fourth-order valence-corrected chi connectivity index (χ4v) is 2.70. The molecule has 1 aliphatic heterocycles. The Labute approximate surface area is 147 Å². The van der Waals surface area contributed by atoms with E-state index in [1.165, 1.54) is 24.1 Å². The zero-order chi connectivity index (χ0) is 17.1. The molecule has 1 aliphatic rings. The van der Waals surface area contributed by atoms with Crippen LogP contribution in [0.25, 0.3) is 0 Å². The maximum Gasteiger partial charge on any atom is 0.337 e. The molecule has 0 aromatic heterocycles. The van der Waals surface area contributed by atoms with Crippen LogP contribution in [0.4, 0.5) is 5.69 Å². The molecule has 1 heterocycles. The summed E-state index contributed by atoms with van der Waals surface area (Å²) in [4.78, 5) is 25.6. The fourth-order valence-electron chi connectivity index (χ4n) is 2.10. The highest BCUT2D eigenvalue weighted by Crippen LogP contribution is 2.34. The summed E-state index contributed by atoms with van der Waals surface area (Å²) < 4.78 is 4.69. The Morgan fingerprint density at radius 1 is 1.30 bits per heavy atom. The topological polar surface area (TPSA) is 78.9 Å². The lowest BCUT2D eigenvalue weighted by atomic mass is 10.2. The minimum Gasteiger partial charge on any atom is -0.466 e. The van der Waals surface area contributed by atoms with Crippen molar-refractivity contribution >= 4 is 52.4 Å². The Morgan fingerprint density at radius 2 is 1.96 bits per heavy atom. The van der Waals surface area contributed by atoms with E-state index in [9.17, 15) is 9.59 Å². The Balaban J connectivity index is 2.39. The third-order valence-electron chi connectivity index (χ3n) is 3.22. The first-order chi connectivity index (χ1) is 10.9. The molecule has 1 aromatic rings. The average molecular weight is 380 g/mol. The summed E-state index contributed by atoms with van der Waals surface area (Å²) >= 11 is 17.9. The molecule has 1 amide bonds. The van der Waals surface area contributed by atoms with Crippen LogP contribution in [-0.2, 0) is 14.3 Å². The predicted octanol–water partition coefficient (Wildman–Crippen LogP) is 2.32. The normalized spacial score (nSPS) is 14.5. The van der Waals surface area contributed by atoms with E-state index >= 15 is 0 Å². The number of β-amino-alcohol motifs (C(OH)–C–C–N with tert-alkyl or cyclic N) is 1. The largest absolute Gasteiger partial charge is 0.466 e. The monoisotopic (exact) mass is 378 g/mol. The van der Waals surface area contributed by atoms with E-state index in [0.717, 1.165) is 0 Å². The van der Waals surface area contributed by atoms with Crippen LogP contribution in [0.5, 0.6) is 0 Å². The van der Waals surface area contributed by atoms with Crippen molar-refractivity contribution < 1.29 is 19.4 Å². The third kappa shape index (κ3) is 3.72. The van der Waals surface area contributed by atoms with Crippen molar-refractivity contribution in [1.29, 1.82) is 0 Å². The van der Waals surface area contributed by atoms with Crippen LogP contribution in [0, 0.1) is 0 Å². The zero-order valence-electron chi connectivity index (χ0n) is 12.0. The number of hydrogen-bond acceptors (Lipinski definition) is 5. The van der Waals surface area contributed by atoms with E-state index in [1.807, 2.05) is 0 Å². The molecule has 0 bridgehead atoms. The maximum atomic E-state index is 12.4. The van der Waals surface area contributed by atoms with E-state index in [-0.39, 0.29) is 46.0 Å². The van der Waals surface area contributed by atoms with Crippen molar-refractivity contribution in [3.05, 3.63) is 38.5 Å². The second kappa shape index (κ2) is 7.40. The number of esters is 1. The Morgan fingerprint density at radius 3 is 2.57 bits per heavy atom. The summed E-state index contributed by atoms with van der Waals surface area (Å²) in [5, 5.41) is 12.6. The standard InChI is InChI=1S/C14H13Cl3N2O4/c1-23-14(22)7-6-19(2-3-20)13(21)12(7)18-11-5-9(16)8(15)4-10(11)17/h4-5,18,20H,2-3,6H2,1H3. The number of aliphatic hydroxyl groups excluding tert-OH is 1. The molecular formula is C14H13Cl3N2O4. The minimum absolute atomic E-state index is 0.0330. The van der Waals surface area contributed by atoms with Crippen LogP contribution >= 0.6 is 34.8 Å². The lowest BCUT2D eigenvalue weighted by Crippen LogP contribution is -2.31. The molecule has 124 valence electrons. The van der Waals surface area contributed by atoms with Gasteiger partial charge in [-0.2, -0.15) is 0 Å². The van der Waals surface area contributed by atoms with Crippen molar-refractivity contribution in [3.63, 3.8) is 0 Å². The van der Waals surface area contributed by atoms with Gasteiger partial charge in [0, 0.05) is 6.54 Å². The number of anilines is 1. The van der Waals surface area contributed by atoms with Gasteiger partial charge in [-0.15, -0.1) is 0 Å². The van der Waals surface area contributed by atoms with Gasteiger partial charge in [-0.25, -0.2) is 4.79 Å². The number of aliphatic hydroxyl groups is 1. The number of methoxy groups -OCH3 is 1. The van der Waals surface area contributed by atoms with E-state index in [1.54, 1.807) is 0 Å². The first-order valence-corrected chi connectivity index (χ1v) is 7.65. The number of carbonyl (C=O) groups is 2. The number of benzene rings is 1. The maximum absolute atomic E-state index is 12.4. The summed E-state index contributed by atoms with van der Waals surface area (Å²) in [6.07, 6.45) is 0. The van der Waals surface area contributed by atoms with Gasteiger partial charge in [-0.3, -0.25) is 4.79 Å². The molecule has 0 spiro atoms. The second-order valence-electron chi connectivity index (χ2n) is 4.67. The molecule has 6 nitrogen and oxygen atoms in total. The van der Waals surface area contributed by atoms with Crippen LogP contribution in [0.1, 0.15) is 0 Å². The summed E-state index contributed by atoms with van der Waals surface area (Å²) in [5.74, 6) is -1.08. The summed E-state index contributed by atoms with van der Waals surface area (Å²) in [6.45, 7) is -0.0893. The van der Waals surface area contributed by atoms with E-state index < -0.39 is 11.9 Å². The van der Waals surface area contributed by atoms with Crippen LogP contribution in [0.2, 0.25) is 15.1 Å². The Bertz CT molecular complexity index is 691. The molecular weight excluding hydrogens is 367 g/mol. The fraction of sp³-hybridized carbons (Fsp3) is 0.286. The quantitative estimate of drug-likeness (QED) is 0.606. The number of nitrogens with one attached hydrogen (secondary N) is 1. The first-order valence-electron chi connectivity index (χ1n) is 6.52. The van der Waals surface area contributed by atoms with E-state index in [0.29, 0.717) is 5.69 Å². The summed E-state index contributed by atoms with van der Waals surface area (Å²) in [5.41, 5.74) is 0.510. The number of halogens is 3. The van der Waals surface area contributed by atoms with Crippen molar-refractivity contribution in [1.82, 2.24) is 4.90 Å². The van der Waals surface area contributed by atoms with Gasteiger partial charge in [0.1, 0.15) is 5.70 Å². The lowest BCUT2D eigenvalue weighted by Gasteiger charge is -2.15. The van der Waals surface area contributed by atoms with E-state index in [4.69, 9.17) is 44.6 Å². The third-order valence-corrected chi connectivity index (χ3v) is 4.26. The van der Waals surface area contributed by atoms with Gasteiger partial charge in [0.05, 0.1) is 46.6 Å². The lowest BCUT2D eigenvalue weighted by molar-refractivity contribution is -0.136. The summed E-state index contributed by atoms with van der Waals surface area (Å²) in [6, 6.07) is 2.88. The minimum atomic E-state index is -0.641. The van der Waals surface area contributed by atoms with Crippen LogP contribution in [0.15, 0.2) is 23.4 Å². The van der Waals surface area contributed by atoms with Crippen LogP contribution in [0.3, 0.4) is 0 Å². The second-order valence-corrected chi connectivity index (χ2v) is 5.89. The van der Waals surface area contributed by atoms with E-state index in [2.05, 4.69) is 5.32 Å². The van der Waals surface area contributed by atoms with Gasteiger partial charge in [0.15, 0.2) is 0 Å². The number of rotatable bonds is 5. The van der Waals surface area contributed by atoms with Crippen molar-refractivity contribution in [3.8, 4) is 0 Å². The van der Waals surface area contributed by atoms with Gasteiger partial charge in [-0.1, -0.05) is 34.8 Å². The molecule has 0 unspecified atom stereocenters. The molecule has 0 saturated carbocycles. The molecule has 9 heteroatoms. The summed E-state index contributed by atoms with van der Waals surface area (Å²) in [7, 11) is 1.22. The molecule has 23 heavy (non-hydrogen) atoms. The Kier molecular flexibility index (Phi) is 5.75. The molecule has 0 atom stereocenters. The zero-order valence-corrected chi connectivity index (χ0v) is 14.3. The SMILES string of the molecule is COC(=O)C1=C(Nc2cc(Cl)c(Cl)cc2Cl)C(=O)N(CCO)C1. The van der Waals surface area contributed by atoms with Crippen LogP contribution in [-0.4, -0.2) is 48.7 Å². The van der Waals surface area contributed by atoms with Crippen molar-refractivity contribution in [2.24, 2.45) is 0 Å². The predicted molar refractivity (Wildman–Crippen MR) is 87.8 cm³/mol. The Hall–Kier alpha value is -1.47. The molecule has 0 fully saturated rings. The molecule has 2 N–H and O–H groups in total. The highest BCUT2D eigenvalue weighted by atomic mass is 35.5. The molecule has 0 saturated heterocycles. The molecule has 1 aromatic carbocycles. The highest BCUT2D eigenvalue weighted by Gasteiger charge is 2.34. The van der Waals surface area contributed by atoms with Crippen LogP contribution < -0.4 is 5.32 Å². The van der Waals surface area contributed by atoms with Crippen molar-refractivity contribution in [2.75, 3.05) is 32.1 Å².